The van der Waals surface area contributed by atoms with Crippen LogP contribution in [0.5, 0.6) is 5.75 Å². The fourth-order valence-electron chi connectivity index (χ4n) is 4.65. The molecule has 36 heavy (non-hydrogen) atoms. The number of carbonyl (C=O) groups is 1. The van der Waals surface area contributed by atoms with Crippen LogP contribution in [0.25, 0.3) is 22.3 Å². The summed E-state index contributed by atoms with van der Waals surface area (Å²) in [7, 11) is 2.19. The molecule has 0 unspecified atom stereocenters. The highest BCUT2D eigenvalue weighted by atomic mass is 32.1. The molecule has 1 aliphatic heterocycles. The summed E-state index contributed by atoms with van der Waals surface area (Å²) in [5.74, 6) is 1.04. The molecule has 1 aliphatic rings. The highest BCUT2D eigenvalue weighted by Gasteiger charge is 2.16. The van der Waals surface area contributed by atoms with Crippen molar-refractivity contribution in [2.45, 2.75) is 32.1 Å². The van der Waals surface area contributed by atoms with E-state index in [1.165, 1.54) is 56.0 Å². The summed E-state index contributed by atoms with van der Waals surface area (Å²) in [4.78, 5) is 26.6. The van der Waals surface area contributed by atoms with E-state index in [9.17, 15) is 9.18 Å². The summed E-state index contributed by atoms with van der Waals surface area (Å²) < 4.78 is 19.6. The van der Waals surface area contributed by atoms with Gasteiger partial charge in [0.2, 0.25) is 5.91 Å². The first-order valence-corrected chi connectivity index (χ1v) is 13.2. The lowest BCUT2D eigenvalue weighted by molar-refractivity contribution is -0.115. The minimum atomic E-state index is -0.407. The number of H-pyrrole nitrogens is 1. The number of anilines is 1. The molecule has 0 saturated carbocycles. The predicted molar refractivity (Wildman–Crippen MR) is 141 cm³/mol. The number of rotatable bonds is 9. The number of aromatic amines is 1. The van der Waals surface area contributed by atoms with Crippen LogP contribution in [-0.4, -0.2) is 52.5 Å². The van der Waals surface area contributed by atoms with Crippen LogP contribution < -0.4 is 10.1 Å². The van der Waals surface area contributed by atoms with Crippen LogP contribution in [-0.2, 0) is 11.2 Å². The van der Waals surface area contributed by atoms with E-state index in [1.807, 2.05) is 29.6 Å². The van der Waals surface area contributed by atoms with Gasteiger partial charge in [-0.2, -0.15) is 0 Å². The average Bonchev–Trinajstić information content (AvgIpc) is 3.49. The van der Waals surface area contributed by atoms with Gasteiger partial charge < -0.3 is 19.9 Å². The molecule has 1 aromatic carbocycles. The number of hydrogen-bond donors (Lipinski definition) is 2. The van der Waals surface area contributed by atoms with Gasteiger partial charge in [-0.3, -0.25) is 4.79 Å². The molecule has 0 aliphatic carbocycles. The smallest absolute Gasteiger partial charge is 0.230 e. The van der Waals surface area contributed by atoms with E-state index in [0.717, 1.165) is 29.2 Å². The highest BCUT2D eigenvalue weighted by Crippen LogP contribution is 2.31. The van der Waals surface area contributed by atoms with Crippen molar-refractivity contribution >= 4 is 33.4 Å². The number of hydrogen-bond acceptors (Lipinski definition) is 6. The number of amides is 1. The lowest BCUT2D eigenvalue weighted by atomic mass is 9.93. The van der Waals surface area contributed by atoms with Crippen molar-refractivity contribution in [2.75, 3.05) is 32.1 Å². The molecule has 2 N–H and O–H groups in total. The number of ether oxygens (including phenoxy) is 1. The number of thiazole rings is 1. The quantitative estimate of drug-likeness (QED) is 0.292. The van der Waals surface area contributed by atoms with Gasteiger partial charge in [0.15, 0.2) is 5.13 Å². The van der Waals surface area contributed by atoms with Crippen molar-refractivity contribution in [3.63, 3.8) is 0 Å². The molecule has 188 valence electrons. The summed E-state index contributed by atoms with van der Waals surface area (Å²) in [6, 6.07) is 9.13. The number of benzene rings is 1. The van der Waals surface area contributed by atoms with Gasteiger partial charge in [0.1, 0.15) is 17.2 Å². The van der Waals surface area contributed by atoms with Crippen LogP contribution >= 0.6 is 11.3 Å². The zero-order valence-corrected chi connectivity index (χ0v) is 21.1. The van der Waals surface area contributed by atoms with Crippen LogP contribution in [0.15, 0.2) is 48.1 Å². The van der Waals surface area contributed by atoms with Crippen LogP contribution in [0.4, 0.5) is 9.52 Å². The number of nitrogens with one attached hydrogen (secondary N) is 2. The minimum absolute atomic E-state index is 0.151. The molecule has 7 nitrogen and oxygen atoms in total. The zero-order chi connectivity index (χ0) is 24.9. The Balaban J connectivity index is 1.12. The van der Waals surface area contributed by atoms with Crippen molar-refractivity contribution in [3.8, 4) is 17.0 Å². The van der Waals surface area contributed by atoms with Crippen molar-refractivity contribution in [1.82, 2.24) is 19.9 Å². The standard InChI is InChI=1S/C27H30FN5O2S/c1-33-9-7-18(8-10-33)5-3-11-35-21-6-2-4-19(12-21)13-25(34)32-27-31-24(17-36-27)23-16-30-26-22(23)14-20(28)15-29-26/h2,4,6,12,14-18H,3,5,7-11,13H2,1H3,(H,29,30)(H,31,32,34). The van der Waals surface area contributed by atoms with E-state index >= 15 is 0 Å². The van der Waals surface area contributed by atoms with Crippen molar-refractivity contribution in [1.29, 1.82) is 0 Å². The van der Waals surface area contributed by atoms with Crippen LogP contribution in [0.1, 0.15) is 31.2 Å². The SMILES string of the molecule is CN1CCC(CCCOc2cccc(CC(=O)Nc3nc(-c4c[nH]c5ncc(F)cc45)cs3)c2)CC1. The third-order valence-corrected chi connectivity index (χ3v) is 7.41. The fourth-order valence-corrected chi connectivity index (χ4v) is 5.38. The molecule has 3 aromatic heterocycles. The molecule has 4 aromatic rings. The second-order valence-corrected chi connectivity index (χ2v) is 10.3. The number of carbonyl (C=O) groups excluding carboxylic acids is 1. The second-order valence-electron chi connectivity index (χ2n) is 9.40. The number of likely N-dealkylation sites (tertiary alicyclic amines) is 1. The molecule has 1 fully saturated rings. The molecule has 0 radical (unpaired) electrons. The van der Waals surface area contributed by atoms with Crippen molar-refractivity contribution in [2.24, 2.45) is 5.92 Å². The normalized spacial score (nSPS) is 14.8. The lowest BCUT2D eigenvalue weighted by Gasteiger charge is -2.28. The summed E-state index contributed by atoms with van der Waals surface area (Å²) in [6.45, 7) is 3.08. The van der Waals surface area contributed by atoms with Crippen LogP contribution in [0.3, 0.4) is 0 Å². The van der Waals surface area contributed by atoms with E-state index in [1.54, 1.807) is 6.20 Å². The highest BCUT2D eigenvalue weighted by molar-refractivity contribution is 7.14. The molecular formula is C27H30FN5O2S. The number of nitrogens with zero attached hydrogens (tertiary/aromatic N) is 3. The second kappa shape index (κ2) is 11.2. The maximum absolute atomic E-state index is 13.6. The predicted octanol–water partition coefficient (Wildman–Crippen LogP) is 5.51. The van der Waals surface area contributed by atoms with Crippen molar-refractivity contribution < 1.29 is 13.9 Å². The maximum Gasteiger partial charge on any atom is 0.230 e. The van der Waals surface area contributed by atoms with E-state index < -0.39 is 5.82 Å². The number of fused-ring (bicyclic) bond motifs is 1. The van der Waals surface area contributed by atoms with Gasteiger partial charge in [-0.1, -0.05) is 12.1 Å². The third-order valence-electron chi connectivity index (χ3n) is 6.65. The summed E-state index contributed by atoms with van der Waals surface area (Å²) in [5.41, 5.74) is 2.88. The Morgan fingerprint density at radius 3 is 3.03 bits per heavy atom. The molecule has 5 rings (SSSR count). The van der Waals surface area contributed by atoms with E-state index in [0.29, 0.717) is 28.5 Å². The first-order valence-electron chi connectivity index (χ1n) is 12.3. The number of pyridine rings is 1. The molecule has 1 saturated heterocycles. The Hall–Kier alpha value is -3.30. The van der Waals surface area contributed by atoms with Crippen molar-refractivity contribution in [3.05, 3.63) is 59.5 Å². The van der Waals surface area contributed by atoms with Gasteiger partial charge in [0.25, 0.3) is 0 Å². The molecule has 0 spiro atoms. The topological polar surface area (TPSA) is 83.1 Å². The summed E-state index contributed by atoms with van der Waals surface area (Å²) >= 11 is 1.33. The molecule has 0 bridgehead atoms. The van der Waals surface area contributed by atoms with Crippen LogP contribution in [0, 0.1) is 11.7 Å². The summed E-state index contributed by atoms with van der Waals surface area (Å²) in [6.07, 6.45) is 7.95. The Kier molecular flexibility index (Phi) is 7.58. The fraction of sp³-hybridized carbons (Fsp3) is 0.370. The van der Waals surface area contributed by atoms with E-state index in [2.05, 4.69) is 32.2 Å². The Bertz CT molecular complexity index is 1330. The summed E-state index contributed by atoms with van der Waals surface area (Å²) in [5, 5.41) is 5.85. The van der Waals surface area contributed by atoms with Gasteiger partial charge in [-0.05, 0) is 75.5 Å². The molecule has 1 amide bonds. The molecule has 4 heterocycles. The molecular weight excluding hydrogens is 477 g/mol. The maximum atomic E-state index is 13.6. The molecule has 9 heteroatoms. The number of halogens is 1. The van der Waals surface area contributed by atoms with Gasteiger partial charge >= 0.3 is 0 Å². The first kappa shape index (κ1) is 24.4. The Morgan fingerprint density at radius 1 is 1.31 bits per heavy atom. The van der Waals surface area contributed by atoms with Gasteiger partial charge in [-0.25, -0.2) is 14.4 Å². The van der Waals surface area contributed by atoms with Gasteiger partial charge in [-0.15, -0.1) is 11.3 Å². The van der Waals surface area contributed by atoms with Crippen LogP contribution in [0.2, 0.25) is 0 Å². The Morgan fingerprint density at radius 2 is 2.17 bits per heavy atom. The monoisotopic (exact) mass is 507 g/mol. The van der Waals surface area contributed by atoms with E-state index in [4.69, 9.17) is 4.74 Å². The first-order chi connectivity index (χ1) is 17.5. The lowest BCUT2D eigenvalue weighted by Crippen LogP contribution is -2.30. The largest absolute Gasteiger partial charge is 0.494 e. The third kappa shape index (κ3) is 6.09. The number of aromatic nitrogens is 3. The number of piperidine rings is 1. The Labute approximate surface area is 213 Å². The van der Waals surface area contributed by atoms with Gasteiger partial charge in [0, 0.05) is 22.5 Å². The zero-order valence-electron chi connectivity index (χ0n) is 20.3. The van der Waals surface area contributed by atoms with Gasteiger partial charge in [0.05, 0.1) is 24.9 Å². The minimum Gasteiger partial charge on any atom is -0.494 e. The average molecular weight is 508 g/mol. The molecule has 0 atom stereocenters. The van der Waals surface area contributed by atoms with E-state index in [-0.39, 0.29) is 12.3 Å².